The van der Waals surface area contributed by atoms with Crippen LogP contribution in [0.2, 0.25) is 0 Å². The second kappa shape index (κ2) is 4.37. The summed E-state index contributed by atoms with van der Waals surface area (Å²) in [6.45, 7) is 4.96. The topological polar surface area (TPSA) is 63.8 Å². The molecule has 1 rings (SSSR count). The first-order valence-electron chi connectivity index (χ1n) is 3.96. The van der Waals surface area contributed by atoms with Crippen molar-refractivity contribution < 1.29 is 0 Å². The van der Waals surface area contributed by atoms with Crippen molar-refractivity contribution in [3.05, 3.63) is 6.33 Å². The molecule has 12 heavy (non-hydrogen) atoms. The van der Waals surface area contributed by atoms with Crippen LogP contribution in [0, 0.1) is 5.92 Å². The van der Waals surface area contributed by atoms with E-state index in [2.05, 4.69) is 28.5 Å². The van der Waals surface area contributed by atoms with Crippen molar-refractivity contribution >= 4 is 16.7 Å². The Morgan fingerprint density at radius 2 is 2.42 bits per heavy atom. The number of hydrogen-bond acceptors (Lipinski definition) is 5. The molecule has 1 heterocycles. The van der Waals surface area contributed by atoms with Gasteiger partial charge in [0.2, 0.25) is 5.13 Å². The van der Waals surface area contributed by atoms with E-state index in [-0.39, 0.29) is 6.04 Å². The summed E-state index contributed by atoms with van der Waals surface area (Å²) >= 11 is 1.35. The molecule has 4 nitrogen and oxygen atoms in total. The Balaban J connectivity index is 2.27. The maximum atomic E-state index is 5.83. The Hall–Kier alpha value is -0.680. The van der Waals surface area contributed by atoms with Crippen LogP contribution in [0.1, 0.15) is 13.8 Å². The zero-order chi connectivity index (χ0) is 8.97. The molecule has 1 unspecified atom stereocenters. The molecule has 0 aliphatic rings. The van der Waals surface area contributed by atoms with Gasteiger partial charge in [0.25, 0.3) is 0 Å². The summed E-state index contributed by atoms with van der Waals surface area (Å²) in [5.74, 6) is 0.491. The minimum atomic E-state index is 0.175. The van der Waals surface area contributed by atoms with E-state index in [0.29, 0.717) is 5.92 Å². The van der Waals surface area contributed by atoms with E-state index in [4.69, 9.17) is 5.73 Å². The Morgan fingerprint density at radius 3 is 2.92 bits per heavy atom. The molecule has 5 heteroatoms. The van der Waals surface area contributed by atoms with Crippen LogP contribution >= 0.6 is 11.5 Å². The summed E-state index contributed by atoms with van der Waals surface area (Å²) in [7, 11) is 0. The van der Waals surface area contributed by atoms with Crippen LogP contribution < -0.4 is 11.1 Å². The molecule has 0 aliphatic carbocycles. The zero-order valence-electron chi connectivity index (χ0n) is 7.32. The lowest BCUT2D eigenvalue weighted by atomic mass is 10.1. The highest BCUT2D eigenvalue weighted by molar-refractivity contribution is 7.09. The minimum absolute atomic E-state index is 0.175. The van der Waals surface area contributed by atoms with Gasteiger partial charge in [0, 0.05) is 24.1 Å². The fraction of sp³-hybridized carbons (Fsp3) is 0.714. The largest absolute Gasteiger partial charge is 0.359 e. The Labute approximate surface area is 76.4 Å². The second-order valence-corrected chi connectivity index (χ2v) is 3.82. The molecular weight excluding hydrogens is 172 g/mol. The van der Waals surface area contributed by atoms with Crippen molar-refractivity contribution in [3.8, 4) is 0 Å². The number of aromatic nitrogens is 2. The first-order valence-corrected chi connectivity index (χ1v) is 4.73. The average molecular weight is 186 g/mol. The van der Waals surface area contributed by atoms with E-state index >= 15 is 0 Å². The van der Waals surface area contributed by atoms with Crippen LogP contribution in [0.4, 0.5) is 5.13 Å². The van der Waals surface area contributed by atoms with Gasteiger partial charge in [-0.25, -0.2) is 4.98 Å². The molecule has 0 aromatic carbocycles. The standard InChI is InChI=1S/C7H14N4S/c1-5(2)6(8)3-9-7-10-4-11-12-7/h4-6H,3,8H2,1-2H3,(H,9,10,11). The number of nitrogens with zero attached hydrogens (tertiary/aromatic N) is 2. The smallest absolute Gasteiger partial charge is 0.202 e. The molecule has 0 saturated carbocycles. The maximum absolute atomic E-state index is 5.83. The lowest BCUT2D eigenvalue weighted by Gasteiger charge is -2.15. The predicted octanol–water partition coefficient (Wildman–Crippen LogP) is 0.933. The number of rotatable bonds is 4. The molecule has 0 amide bonds. The summed E-state index contributed by atoms with van der Waals surface area (Å²) in [5.41, 5.74) is 5.83. The molecule has 68 valence electrons. The van der Waals surface area contributed by atoms with E-state index in [1.165, 1.54) is 17.9 Å². The summed E-state index contributed by atoms with van der Waals surface area (Å²) in [6.07, 6.45) is 1.54. The van der Waals surface area contributed by atoms with Crippen molar-refractivity contribution in [3.63, 3.8) is 0 Å². The van der Waals surface area contributed by atoms with Gasteiger partial charge in [-0.05, 0) is 5.92 Å². The normalized spacial score (nSPS) is 13.3. The van der Waals surface area contributed by atoms with Crippen LogP contribution in [-0.2, 0) is 0 Å². The summed E-state index contributed by atoms with van der Waals surface area (Å²) < 4.78 is 3.87. The van der Waals surface area contributed by atoms with Crippen molar-refractivity contribution in [2.45, 2.75) is 19.9 Å². The molecule has 0 aliphatic heterocycles. The van der Waals surface area contributed by atoms with Crippen molar-refractivity contribution in [2.24, 2.45) is 11.7 Å². The first kappa shape index (κ1) is 9.41. The van der Waals surface area contributed by atoms with Crippen LogP contribution in [0.15, 0.2) is 6.33 Å². The second-order valence-electron chi connectivity index (χ2n) is 3.04. The molecule has 1 atom stereocenters. The van der Waals surface area contributed by atoms with Crippen LogP contribution in [0.3, 0.4) is 0 Å². The first-order chi connectivity index (χ1) is 5.70. The van der Waals surface area contributed by atoms with Gasteiger partial charge in [0.1, 0.15) is 6.33 Å². The van der Waals surface area contributed by atoms with E-state index in [0.717, 1.165) is 11.7 Å². The van der Waals surface area contributed by atoms with Gasteiger partial charge in [-0.15, -0.1) is 0 Å². The highest BCUT2D eigenvalue weighted by Gasteiger charge is 2.07. The third-order valence-corrected chi connectivity index (χ3v) is 2.33. The van der Waals surface area contributed by atoms with E-state index in [1.807, 2.05) is 0 Å². The molecule has 3 N–H and O–H groups in total. The summed E-state index contributed by atoms with van der Waals surface area (Å²) in [4.78, 5) is 3.99. The van der Waals surface area contributed by atoms with E-state index in [1.54, 1.807) is 0 Å². The highest BCUT2D eigenvalue weighted by atomic mass is 32.1. The quantitative estimate of drug-likeness (QED) is 0.734. The molecule has 1 aromatic rings. The summed E-state index contributed by atoms with van der Waals surface area (Å²) in [6, 6.07) is 0.175. The zero-order valence-corrected chi connectivity index (χ0v) is 8.14. The number of nitrogens with one attached hydrogen (secondary N) is 1. The van der Waals surface area contributed by atoms with Gasteiger partial charge in [-0.2, -0.15) is 4.37 Å². The molecule has 0 radical (unpaired) electrons. The third-order valence-electron chi connectivity index (χ3n) is 1.71. The maximum Gasteiger partial charge on any atom is 0.202 e. The van der Waals surface area contributed by atoms with Gasteiger partial charge in [0.05, 0.1) is 0 Å². The van der Waals surface area contributed by atoms with Gasteiger partial charge >= 0.3 is 0 Å². The molecule has 0 bridgehead atoms. The van der Waals surface area contributed by atoms with Crippen molar-refractivity contribution in [1.82, 2.24) is 9.36 Å². The van der Waals surface area contributed by atoms with Gasteiger partial charge < -0.3 is 11.1 Å². The molecule has 0 fully saturated rings. The molecule has 1 aromatic heterocycles. The molecule has 0 saturated heterocycles. The van der Waals surface area contributed by atoms with E-state index < -0.39 is 0 Å². The Bertz CT molecular complexity index is 209. The fourth-order valence-corrected chi connectivity index (χ4v) is 1.13. The van der Waals surface area contributed by atoms with Crippen LogP contribution in [-0.4, -0.2) is 21.9 Å². The molecular formula is C7H14N4S. The van der Waals surface area contributed by atoms with E-state index in [9.17, 15) is 0 Å². The minimum Gasteiger partial charge on any atom is -0.359 e. The van der Waals surface area contributed by atoms with Crippen LogP contribution in [0.25, 0.3) is 0 Å². The third kappa shape index (κ3) is 2.75. The number of nitrogens with two attached hydrogens (primary N) is 1. The average Bonchev–Trinajstić information content (AvgIpc) is 2.51. The number of anilines is 1. The summed E-state index contributed by atoms with van der Waals surface area (Å²) in [5, 5.41) is 3.96. The fourth-order valence-electron chi connectivity index (χ4n) is 0.692. The van der Waals surface area contributed by atoms with Crippen molar-refractivity contribution in [2.75, 3.05) is 11.9 Å². The SMILES string of the molecule is CC(C)C(N)CNc1ncns1. The van der Waals surface area contributed by atoms with Crippen LogP contribution in [0.5, 0.6) is 0 Å². The monoisotopic (exact) mass is 186 g/mol. The Kier molecular flexibility index (Phi) is 3.43. The highest BCUT2D eigenvalue weighted by Crippen LogP contribution is 2.07. The molecule has 0 spiro atoms. The Morgan fingerprint density at radius 1 is 1.67 bits per heavy atom. The lowest BCUT2D eigenvalue weighted by Crippen LogP contribution is -2.33. The number of hydrogen-bond donors (Lipinski definition) is 2. The predicted molar refractivity (Wildman–Crippen MR) is 51.2 cm³/mol. The van der Waals surface area contributed by atoms with Crippen molar-refractivity contribution in [1.29, 1.82) is 0 Å². The lowest BCUT2D eigenvalue weighted by molar-refractivity contribution is 0.511. The van der Waals surface area contributed by atoms with Gasteiger partial charge in [0.15, 0.2) is 0 Å². The van der Waals surface area contributed by atoms with Gasteiger partial charge in [-0.1, -0.05) is 13.8 Å². The van der Waals surface area contributed by atoms with Gasteiger partial charge in [-0.3, -0.25) is 0 Å².